The highest BCUT2D eigenvalue weighted by molar-refractivity contribution is 5.39. The summed E-state index contributed by atoms with van der Waals surface area (Å²) >= 11 is 0. The van der Waals surface area contributed by atoms with Gasteiger partial charge in [-0.3, -0.25) is 4.90 Å². The largest absolute Gasteiger partial charge is 0.467 e. The Hall–Kier alpha value is -1.09. The van der Waals surface area contributed by atoms with Crippen LogP contribution in [-0.4, -0.2) is 34.1 Å². The van der Waals surface area contributed by atoms with Crippen molar-refractivity contribution in [2.75, 3.05) is 13.1 Å². The summed E-state index contributed by atoms with van der Waals surface area (Å²) in [5.74, 6) is 0.866. The van der Waals surface area contributed by atoms with Gasteiger partial charge in [0.1, 0.15) is 5.60 Å². The van der Waals surface area contributed by atoms with Gasteiger partial charge >= 0.3 is 0 Å². The summed E-state index contributed by atoms with van der Waals surface area (Å²) < 4.78 is 6.11. The van der Waals surface area contributed by atoms with Crippen molar-refractivity contribution in [3.8, 4) is 5.88 Å². The van der Waals surface area contributed by atoms with E-state index in [0.29, 0.717) is 0 Å². The molecule has 1 spiro atoms. The second-order valence-corrected chi connectivity index (χ2v) is 5.19. The summed E-state index contributed by atoms with van der Waals surface area (Å²) in [5.41, 5.74) is 1.61. The average molecular weight is 202 g/mol. The van der Waals surface area contributed by atoms with E-state index in [0.717, 1.165) is 18.8 Å². The standard InChI is InChI=1S/C12H14N2O/c1-11-4-6-14(11)8-12(11)7-9-3-2-5-13-10(9)15-12/h2-3,5H,4,6-8H2,1H3/t11?,12-/m0/s1. The lowest BCUT2D eigenvalue weighted by Crippen LogP contribution is -2.85. The highest BCUT2D eigenvalue weighted by atomic mass is 16.5. The minimum Gasteiger partial charge on any atom is -0.467 e. The minimum atomic E-state index is 0.0436. The predicted octanol–water partition coefficient (Wildman–Crippen LogP) is 1.23. The van der Waals surface area contributed by atoms with Crippen LogP contribution in [0.5, 0.6) is 5.88 Å². The molecule has 2 atom stereocenters. The molecule has 0 N–H and O–H groups in total. The van der Waals surface area contributed by atoms with Crippen molar-refractivity contribution in [3.05, 3.63) is 23.9 Å². The van der Waals surface area contributed by atoms with Gasteiger partial charge in [-0.2, -0.15) is 0 Å². The van der Waals surface area contributed by atoms with E-state index in [4.69, 9.17) is 4.74 Å². The molecule has 0 bridgehead atoms. The number of piperidine rings is 1. The van der Waals surface area contributed by atoms with Gasteiger partial charge < -0.3 is 4.74 Å². The topological polar surface area (TPSA) is 25.4 Å². The Labute approximate surface area is 89.1 Å². The van der Waals surface area contributed by atoms with Crippen LogP contribution in [-0.2, 0) is 6.42 Å². The van der Waals surface area contributed by atoms with E-state index in [1.165, 1.54) is 18.5 Å². The molecule has 78 valence electrons. The molecule has 15 heavy (non-hydrogen) atoms. The molecule has 1 unspecified atom stereocenters. The summed E-state index contributed by atoms with van der Waals surface area (Å²) in [7, 11) is 0. The van der Waals surface area contributed by atoms with Gasteiger partial charge in [-0.1, -0.05) is 6.07 Å². The lowest BCUT2D eigenvalue weighted by atomic mass is 9.62. The highest BCUT2D eigenvalue weighted by Crippen LogP contribution is 2.55. The molecule has 1 aromatic heterocycles. The molecule has 2 fully saturated rings. The highest BCUT2D eigenvalue weighted by Gasteiger charge is 2.69. The Morgan fingerprint density at radius 3 is 3.07 bits per heavy atom. The van der Waals surface area contributed by atoms with E-state index >= 15 is 0 Å². The number of rotatable bonds is 0. The van der Waals surface area contributed by atoms with Crippen LogP contribution in [0.25, 0.3) is 0 Å². The number of aromatic nitrogens is 1. The normalized spacial score (nSPS) is 41.4. The van der Waals surface area contributed by atoms with Crippen LogP contribution < -0.4 is 4.74 Å². The molecule has 0 amide bonds. The first-order valence-corrected chi connectivity index (χ1v) is 5.62. The third-order valence-corrected chi connectivity index (χ3v) is 4.61. The zero-order valence-electron chi connectivity index (χ0n) is 8.86. The molecular formula is C12H14N2O. The Kier molecular flexibility index (Phi) is 1.18. The zero-order chi connectivity index (χ0) is 10.1. The van der Waals surface area contributed by atoms with Crippen molar-refractivity contribution in [1.82, 2.24) is 9.88 Å². The summed E-state index contributed by atoms with van der Waals surface area (Å²) in [6, 6.07) is 4.14. The first-order chi connectivity index (χ1) is 7.24. The van der Waals surface area contributed by atoms with Crippen LogP contribution in [0, 0.1) is 0 Å². The average Bonchev–Trinajstić information content (AvgIpc) is 2.64. The molecule has 0 radical (unpaired) electrons. The number of hydrogen-bond acceptors (Lipinski definition) is 3. The fourth-order valence-electron chi connectivity index (χ4n) is 3.33. The number of nitrogens with zero attached hydrogens (tertiary/aromatic N) is 2. The lowest BCUT2D eigenvalue weighted by Gasteiger charge is -2.69. The number of hydrogen-bond donors (Lipinski definition) is 0. The van der Waals surface area contributed by atoms with E-state index in [1.807, 2.05) is 12.3 Å². The monoisotopic (exact) mass is 202 g/mol. The fourth-order valence-corrected chi connectivity index (χ4v) is 3.33. The van der Waals surface area contributed by atoms with Crippen LogP contribution in [0.4, 0.5) is 0 Å². The first kappa shape index (κ1) is 8.11. The second-order valence-electron chi connectivity index (χ2n) is 5.19. The Morgan fingerprint density at radius 1 is 1.53 bits per heavy atom. The molecule has 3 heteroatoms. The van der Waals surface area contributed by atoms with Crippen LogP contribution in [0.15, 0.2) is 18.3 Å². The quantitative estimate of drug-likeness (QED) is 0.632. The molecule has 4 heterocycles. The third-order valence-electron chi connectivity index (χ3n) is 4.61. The van der Waals surface area contributed by atoms with E-state index < -0.39 is 0 Å². The van der Waals surface area contributed by atoms with Gasteiger partial charge in [0.25, 0.3) is 0 Å². The first-order valence-electron chi connectivity index (χ1n) is 5.62. The van der Waals surface area contributed by atoms with E-state index in [2.05, 4.69) is 22.9 Å². The van der Waals surface area contributed by atoms with Crippen molar-refractivity contribution in [3.63, 3.8) is 0 Å². The van der Waals surface area contributed by atoms with Gasteiger partial charge in [-0.25, -0.2) is 4.98 Å². The maximum absolute atomic E-state index is 6.11. The Balaban J connectivity index is 1.74. The number of pyridine rings is 1. The Morgan fingerprint density at radius 2 is 2.47 bits per heavy atom. The van der Waals surface area contributed by atoms with Crippen molar-refractivity contribution < 1.29 is 4.74 Å². The molecule has 0 aromatic carbocycles. The molecule has 0 aliphatic carbocycles. The van der Waals surface area contributed by atoms with Gasteiger partial charge in [0.05, 0.1) is 5.54 Å². The van der Waals surface area contributed by atoms with Crippen molar-refractivity contribution in [2.45, 2.75) is 30.9 Å². The van der Waals surface area contributed by atoms with Gasteiger partial charge in [-0.05, 0) is 19.4 Å². The maximum Gasteiger partial charge on any atom is 0.217 e. The maximum atomic E-state index is 6.11. The SMILES string of the molecule is CC12CCN1C[C@@]21Cc2cccnc2O1. The number of ether oxygens (including phenoxy) is 1. The van der Waals surface area contributed by atoms with E-state index in [9.17, 15) is 0 Å². The molecule has 0 saturated carbocycles. The molecule has 3 nitrogen and oxygen atoms in total. The zero-order valence-corrected chi connectivity index (χ0v) is 8.86. The smallest absolute Gasteiger partial charge is 0.217 e. The van der Waals surface area contributed by atoms with Crippen LogP contribution in [0.3, 0.4) is 0 Å². The third kappa shape index (κ3) is 0.729. The van der Waals surface area contributed by atoms with Crippen LogP contribution in [0.1, 0.15) is 18.9 Å². The summed E-state index contributed by atoms with van der Waals surface area (Å²) in [6.45, 7) is 4.65. The summed E-state index contributed by atoms with van der Waals surface area (Å²) in [6.07, 6.45) is 4.13. The van der Waals surface area contributed by atoms with Crippen molar-refractivity contribution in [1.29, 1.82) is 0 Å². The molecular weight excluding hydrogens is 188 g/mol. The van der Waals surface area contributed by atoms with Crippen LogP contribution in [0.2, 0.25) is 0 Å². The molecule has 3 aliphatic rings. The van der Waals surface area contributed by atoms with Crippen LogP contribution >= 0.6 is 0 Å². The summed E-state index contributed by atoms with van der Waals surface area (Å²) in [4.78, 5) is 6.82. The van der Waals surface area contributed by atoms with Gasteiger partial charge in [-0.15, -0.1) is 0 Å². The summed E-state index contributed by atoms with van der Waals surface area (Å²) in [5, 5.41) is 0. The fraction of sp³-hybridized carbons (Fsp3) is 0.583. The van der Waals surface area contributed by atoms with Gasteiger partial charge in [0.2, 0.25) is 5.88 Å². The lowest BCUT2D eigenvalue weighted by molar-refractivity contribution is -0.239. The molecule has 4 rings (SSSR count). The molecule has 2 saturated heterocycles. The van der Waals surface area contributed by atoms with E-state index in [-0.39, 0.29) is 11.1 Å². The van der Waals surface area contributed by atoms with E-state index in [1.54, 1.807) is 0 Å². The molecule has 1 aromatic rings. The van der Waals surface area contributed by atoms with Gasteiger partial charge in [0, 0.05) is 31.3 Å². The Bertz CT molecular complexity index is 420. The van der Waals surface area contributed by atoms with Crippen molar-refractivity contribution >= 4 is 0 Å². The van der Waals surface area contributed by atoms with Crippen molar-refractivity contribution in [2.24, 2.45) is 0 Å². The molecule has 3 aliphatic heterocycles. The predicted molar refractivity (Wildman–Crippen MR) is 55.9 cm³/mol. The second kappa shape index (κ2) is 2.19. The minimum absolute atomic E-state index is 0.0436. The van der Waals surface area contributed by atoms with Gasteiger partial charge in [0.15, 0.2) is 0 Å². The number of fused-ring (bicyclic) bond motifs is 3.